The van der Waals surface area contributed by atoms with Crippen molar-refractivity contribution in [3.8, 4) is 12.3 Å². The normalized spacial score (nSPS) is 9.10. The van der Waals surface area contributed by atoms with E-state index in [0.29, 0.717) is 12.1 Å². The second-order valence-electron chi connectivity index (χ2n) is 1.99. The number of hydrogen-bond donors (Lipinski definition) is 1. The zero-order chi connectivity index (χ0) is 7.40. The van der Waals surface area contributed by atoms with Gasteiger partial charge in [-0.15, -0.1) is 12.3 Å². The van der Waals surface area contributed by atoms with Crippen LogP contribution in [0.4, 0.5) is 5.69 Å². The van der Waals surface area contributed by atoms with Crippen LogP contribution in [0, 0.1) is 12.3 Å². The molecule has 2 N–H and O–H groups in total. The molecule has 0 spiro atoms. The predicted octanol–water partition coefficient (Wildman–Crippen LogP) is 0.489. The molecule has 1 rings (SSSR count). The first kappa shape index (κ1) is 6.69. The van der Waals surface area contributed by atoms with Crippen LogP contribution in [0.25, 0.3) is 0 Å². The fourth-order valence-corrected chi connectivity index (χ4v) is 0.681. The third-order valence-electron chi connectivity index (χ3n) is 1.14. The molecule has 3 nitrogen and oxygen atoms in total. The van der Waals surface area contributed by atoms with Crippen molar-refractivity contribution in [2.45, 2.75) is 13.0 Å². The van der Waals surface area contributed by atoms with Crippen LogP contribution in [-0.4, -0.2) is 9.78 Å². The molecule has 0 aliphatic heterocycles. The molecule has 0 atom stereocenters. The molecule has 10 heavy (non-hydrogen) atoms. The molecule has 0 saturated carbocycles. The molecule has 0 amide bonds. The summed E-state index contributed by atoms with van der Waals surface area (Å²) in [6.07, 6.45) is 9.13. The minimum atomic E-state index is 0.678. The Kier molecular flexibility index (Phi) is 1.96. The summed E-state index contributed by atoms with van der Waals surface area (Å²) in [5.41, 5.74) is 6.09. The van der Waals surface area contributed by atoms with Gasteiger partial charge in [-0.25, -0.2) is 0 Å². The second-order valence-corrected chi connectivity index (χ2v) is 1.99. The summed E-state index contributed by atoms with van der Waals surface area (Å²) in [5, 5.41) is 3.95. The van der Waals surface area contributed by atoms with Crippen molar-refractivity contribution >= 4 is 5.69 Å². The SMILES string of the molecule is C#CCCn1cc(N)cn1. The summed E-state index contributed by atoms with van der Waals surface area (Å²) in [6, 6.07) is 0. The standard InChI is InChI=1S/C7H9N3/c1-2-3-4-10-6-7(8)5-9-10/h1,5-6H,3-4,8H2. The van der Waals surface area contributed by atoms with Crippen LogP contribution in [0.15, 0.2) is 12.4 Å². The highest BCUT2D eigenvalue weighted by Crippen LogP contribution is 1.97. The molecule has 0 aliphatic carbocycles. The van der Waals surface area contributed by atoms with Gasteiger partial charge in [0.25, 0.3) is 0 Å². The van der Waals surface area contributed by atoms with E-state index in [2.05, 4.69) is 11.0 Å². The Morgan fingerprint density at radius 3 is 3.10 bits per heavy atom. The van der Waals surface area contributed by atoms with Gasteiger partial charge in [-0.05, 0) is 0 Å². The summed E-state index contributed by atoms with van der Waals surface area (Å²) in [4.78, 5) is 0. The number of nitrogens with two attached hydrogens (primary N) is 1. The van der Waals surface area contributed by atoms with Gasteiger partial charge in [-0.3, -0.25) is 4.68 Å². The molecule has 0 aliphatic rings. The van der Waals surface area contributed by atoms with E-state index in [1.807, 2.05) is 0 Å². The van der Waals surface area contributed by atoms with Crippen LogP contribution in [0.5, 0.6) is 0 Å². The van der Waals surface area contributed by atoms with Crippen LogP contribution in [0.2, 0.25) is 0 Å². The first-order valence-electron chi connectivity index (χ1n) is 3.04. The lowest BCUT2D eigenvalue weighted by atomic mass is 10.4. The lowest BCUT2D eigenvalue weighted by molar-refractivity contribution is 0.630. The number of nitrogens with zero attached hydrogens (tertiary/aromatic N) is 2. The third kappa shape index (κ3) is 1.52. The minimum Gasteiger partial charge on any atom is -0.396 e. The van der Waals surface area contributed by atoms with Gasteiger partial charge < -0.3 is 5.73 Å². The van der Waals surface area contributed by atoms with Gasteiger partial charge in [0.1, 0.15) is 0 Å². The summed E-state index contributed by atoms with van der Waals surface area (Å²) in [6.45, 7) is 0.744. The van der Waals surface area contributed by atoms with E-state index in [0.717, 1.165) is 6.54 Å². The summed E-state index contributed by atoms with van der Waals surface area (Å²) in [5.74, 6) is 2.52. The smallest absolute Gasteiger partial charge is 0.0719 e. The van der Waals surface area contributed by atoms with Gasteiger partial charge in [0.15, 0.2) is 0 Å². The average Bonchev–Trinajstić information content (AvgIpc) is 2.31. The monoisotopic (exact) mass is 135 g/mol. The van der Waals surface area contributed by atoms with Crippen LogP contribution in [-0.2, 0) is 6.54 Å². The molecule has 3 heteroatoms. The fourth-order valence-electron chi connectivity index (χ4n) is 0.681. The molecule has 52 valence electrons. The van der Waals surface area contributed by atoms with Gasteiger partial charge in [0, 0.05) is 12.6 Å². The molecule has 0 fully saturated rings. The molecule has 0 unspecified atom stereocenters. The molecule has 1 heterocycles. The van der Waals surface area contributed by atoms with Crippen molar-refractivity contribution in [2.24, 2.45) is 0 Å². The zero-order valence-electron chi connectivity index (χ0n) is 5.62. The molecule has 1 aromatic heterocycles. The van der Waals surface area contributed by atoms with Crippen molar-refractivity contribution in [1.82, 2.24) is 9.78 Å². The van der Waals surface area contributed by atoms with E-state index in [1.54, 1.807) is 17.1 Å². The average molecular weight is 135 g/mol. The number of terminal acetylenes is 1. The summed E-state index contributed by atoms with van der Waals surface area (Å²) >= 11 is 0. The fraction of sp³-hybridized carbons (Fsp3) is 0.286. The quantitative estimate of drug-likeness (QED) is 0.600. The molecular weight excluding hydrogens is 126 g/mol. The van der Waals surface area contributed by atoms with E-state index in [-0.39, 0.29) is 0 Å². The number of rotatable bonds is 2. The Morgan fingerprint density at radius 1 is 1.80 bits per heavy atom. The van der Waals surface area contributed by atoms with Crippen molar-refractivity contribution in [3.63, 3.8) is 0 Å². The Morgan fingerprint density at radius 2 is 2.60 bits per heavy atom. The van der Waals surface area contributed by atoms with Gasteiger partial charge in [0.2, 0.25) is 0 Å². The Balaban J connectivity index is 2.52. The maximum absolute atomic E-state index is 5.42. The molecule has 0 saturated heterocycles. The minimum absolute atomic E-state index is 0.678. The van der Waals surface area contributed by atoms with E-state index in [1.165, 1.54) is 0 Å². The third-order valence-corrected chi connectivity index (χ3v) is 1.14. The van der Waals surface area contributed by atoms with Gasteiger partial charge >= 0.3 is 0 Å². The summed E-state index contributed by atoms with van der Waals surface area (Å²) < 4.78 is 1.73. The highest BCUT2D eigenvalue weighted by molar-refractivity contribution is 5.30. The second kappa shape index (κ2) is 2.92. The predicted molar refractivity (Wildman–Crippen MR) is 40.1 cm³/mol. The molecule has 1 aromatic rings. The topological polar surface area (TPSA) is 43.8 Å². The highest BCUT2D eigenvalue weighted by atomic mass is 15.3. The van der Waals surface area contributed by atoms with Crippen LogP contribution < -0.4 is 5.73 Å². The van der Waals surface area contributed by atoms with Crippen molar-refractivity contribution in [1.29, 1.82) is 0 Å². The maximum atomic E-state index is 5.42. The van der Waals surface area contributed by atoms with E-state index in [4.69, 9.17) is 12.2 Å². The number of aryl methyl sites for hydroxylation is 1. The number of anilines is 1. The van der Waals surface area contributed by atoms with Crippen molar-refractivity contribution < 1.29 is 0 Å². The van der Waals surface area contributed by atoms with Crippen molar-refractivity contribution in [3.05, 3.63) is 12.4 Å². The zero-order valence-corrected chi connectivity index (χ0v) is 5.62. The highest BCUT2D eigenvalue weighted by Gasteiger charge is 1.90. The maximum Gasteiger partial charge on any atom is 0.0719 e. The number of hydrogen-bond acceptors (Lipinski definition) is 2. The summed E-state index contributed by atoms with van der Waals surface area (Å²) in [7, 11) is 0. The molecule has 0 radical (unpaired) electrons. The molecule has 0 aromatic carbocycles. The Labute approximate surface area is 59.8 Å². The first-order valence-corrected chi connectivity index (χ1v) is 3.04. The number of nitrogen functional groups attached to an aromatic ring is 1. The van der Waals surface area contributed by atoms with E-state index in [9.17, 15) is 0 Å². The van der Waals surface area contributed by atoms with E-state index >= 15 is 0 Å². The first-order chi connectivity index (χ1) is 4.83. The molecule has 0 bridgehead atoms. The van der Waals surface area contributed by atoms with Crippen LogP contribution >= 0.6 is 0 Å². The van der Waals surface area contributed by atoms with Crippen LogP contribution in [0.1, 0.15) is 6.42 Å². The lowest BCUT2D eigenvalue weighted by Gasteiger charge is -1.92. The van der Waals surface area contributed by atoms with Crippen LogP contribution in [0.3, 0.4) is 0 Å². The van der Waals surface area contributed by atoms with Gasteiger partial charge in [-0.2, -0.15) is 5.10 Å². The van der Waals surface area contributed by atoms with Gasteiger partial charge in [0.05, 0.1) is 18.4 Å². The van der Waals surface area contributed by atoms with E-state index < -0.39 is 0 Å². The largest absolute Gasteiger partial charge is 0.396 e. The Bertz CT molecular complexity index is 244. The molecular formula is C7H9N3. The number of aromatic nitrogens is 2. The van der Waals surface area contributed by atoms with Crippen molar-refractivity contribution in [2.75, 3.05) is 5.73 Å². The Hall–Kier alpha value is -1.43. The lowest BCUT2D eigenvalue weighted by Crippen LogP contribution is -1.96. The van der Waals surface area contributed by atoms with Gasteiger partial charge in [-0.1, -0.05) is 0 Å².